The summed E-state index contributed by atoms with van der Waals surface area (Å²) in [5.74, 6) is 0.525. The number of rotatable bonds is 6. The molecule has 0 bridgehead atoms. The van der Waals surface area contributed by atoms with E-state index in [1.54, 1.807) is 40.9 Å². The fraction of sp³-hybridized carbons (Fsp3) is 0.267. The number of hydrogen-bond acceptors (Lipinski definition) is 5. The first-order chi connectivity index (χ1) is 11.8. The third kappa shape index (κ3) is 4.28. The van der Waals surface area contributed by atoms with Crippen LogP contribution in [0.25, 0.3) is 17.1 Å². The molecular formula is C15H17FN6O2S. The zero-order chi connectivity index (χ0) is 18.0. The Morgan fingerprint density at radius 3 is 2.76 bits per heavy atom. The molecule has 3 rings (SSSR count). The largest absolute Gasteiger partial charge is 0.274 e. The van der Waals surface area contributed by atoms with Crippen LogP contribution in [0, 0.1) is 5.82 Å². The average Bonchev–Trinajstić information content (AvgIpc) is 3.12. The van der Waals surface area contributed by atoms with Crippen LogP contribution in [0.2, 0.25) is 0 Å². The fourth-order valence-electron chi connectivity index (χ4n) is 2.33. The minimum atomic E-state index is -3.29. The Morgan fingerprint density at radius 2 is 2.12 bits per heavy atom. The molecule has 3 aromatic rings. The minimum Gasteiger partial charge on any atom is -0.274 e. The molecule has 0 aliphatic carbocycles. The van der Waals surface area contributed by atoms with E-state index in [0.717, 1.165) is 6.26 Å². The number of nitrogens with one attached hydrogen (secondary N) is 1. The van der Waals surface area contributed by atoms with Crippen LogP contribution in [-0.4, -0.2) is 45.8 Å². The summed E-state index contributed by atoms with van der Waals surface area (Å²) in [6.45, 7) is 0.181. The molecule has 1 aromatic carbocycles. The maximum Gasteiger partial charge on any atom is 0.208 e. The maximum atomic E-state index is 13.5. The molecule has 1 N–H and O–H groups in total. The molecule has 0 spiro atoms. The quantitative estimate of drug-likeness (QED) is 0.701. The Labute approximate surface area is 144 Å². The summed E-state index contributed by atoms with van der Waals surface area (Å²) in [6, 6.07) is 5.99. The van der Waals surface area contributed by atoms with Crippen molar-refractivity contribution in [2.75, 3.05) is 12.8 Å². The Kier molecular flexibility index (Phi) is 4.64. The Hall–Kier alpha value is -2.59. The van der Waals surface area contributed by atoms with E-state index in [1.807, 2.05) is 0 Å². The summed E-state index contributed by atoms with van der Waals surface area (Å²) in [6.07, 6.45) is 4.80. The molecule has 2 aromatic heterocycles. The third-order valence-corrected chi connectivity index (χ3v) is 4.13. The standard InChI is InChI=1S/C15H17FN6O2S/c1-21-10-13(9-17-21)22-14(6-7-18-25(2,23)24)19-15(20-22)11-4-3-5-12(16)8-11/h3-5,8-10,18H,6-7H2,1-2H3. The maximum absolute atomic E-state index is 13.5. The highest BCUT2D eigenvalue weighted by molar-refractivity contribution is 7.88. The Morgan fingerprint density at radius 1 is 1.32 bits per heavy atom. The van der Waals surface area contributed by atoms with Gasteiger partial charge < -0.3 is 0 Å². The summed E-state index contributed by atoms with van der Waals surface area (Å²) in [4.78, 5) is 4.44. The molecule has 0 unspecified atom stereocenters. The zero-order valence-corrected chi connectivity index (χ0v) is 14.5. The van der Waals surface area contributed by atoms with Gasteiger partial charge in [-0.3, -0.25) is 4.68 Å². The van der Waals surface area contributed by atoms with Crippen LogP contribution in [0.1, 0.15) is 5.82 Å². The van der Waals surface area contributed by atoms with Crippen LogP contribution in [-0.2, 0) is 23.5 Å². The van der Waals surface area contributed by atoms with Gasteiger partial charge in [-0.15, -0.1) is 5.10 Å². The lowest BCUT2D eigenvalue weighted by molar-refractivity contribution is 0.586. The predicted octanol–water partition coefficient (Wildman–Crippen LogP) is 0.899. The van der Waals surface area contributed by atoms with Gasteiger partial charge >= 0.3 is 0 Å². The molecular weight excluding hydrogens is 347 g/mol. The molecule has 0 aliphatic rings. The van der Waals surface area contributed by atoms with Crippen molar-refractivity contribution >= 4 is 10.0 Å². The summed E-state index contributed by atoms with van der Waals surface area (Å²) < 4.78 is 41.6. The van der Waals surface area contributed by atoms with E-state index in [9.17, 15) is 12.8 Å². The van der Waals surface area contributed by atoms with Gasteiger partial charge in [-0.2, -0.15) is 5.10 Å². The number of hydrogen-bond donors (Lipinski definition) is 1. The molecule has 0 saturated heterocycles. The first kappa shape index (κ1) is 17.2. The first-order valence-electron chi connectivity index (χ1n) is 7.47. The molecule has 0 saturated carbocycles. The van der Waals surface area contributed by atoms with Crippen LogP contribution in [0.15, 0.2) is 36.7 Å². The van der Waals surface area contributed by atoms with Crippen molar-refractivity contribution in [3.05, 3.63) is 48.3 Å². The molecule has 25 heavy (non-hydrogen) atoms. The van der Waals surface area contributed by atoms with Crippen molar-refractivity contribution in [2.45, 2.75) is 6.42 Å². The SMILES string of the molecule is Cn1cc(-n2nc(-c3cccc(F)c3)nc2CCNS(C)(=O)=O)cn1. The van der Waals surface area contributed by atoms with Crippen molar-refractivity contribution < 1.29 is 12.8 Å². The van der Waals surface area contributed by atoms with E-state index in [4.69, 9.17) is 0 Å². The normalized spacial score (nSPS) is 11.8. The second-order valence-corrected chi connectivity index (χ2v) is 7.40. The van der Waals surface area contributed by atoms with Crippen molar-refractivity contribution in [1.29, 1.82) is 0 Å². The number of benzene rings is 1. The highest BCUT2D eigenvalue weighted by Crippen LogP contribution is 2.19. The second-order valence-electron chi connectivity index (χ2n) is 5.56. The smallest absolute Gasteiger partial charge is 0.208 e. The van der Waals surface area contributed by atoms with Crippen LogP contribution in [0.5, 0.6) is 0 Å². The topological polar surface area (TPSA) is 94.7 Å². The van der Waals surface area contributed by atoms with Gasteiger partial charge in [0.2, 0.25) is 10.0 Å². The van der Waals surface area contributed by atoms with E-state index in [0.29, 0.717) is 29.3 Å². The van der Waals surface area contributed by atoms with E-state index >= 15 is 0 Å². The lowest BCUT2D eigenvalue weighted by Gasteiger charge is -2.03. The molecule has 0 atom stereocenters. The fourth-order valence-corrected chi connectivity index (χ4v) is 2.80. The summed E-state index contributed by atoms with van der Waals surface area (Å²) in [7, 11) is -1.52. The van der Waals surface area contributed by atoms with Crippen molar-refractivity contribution in [1.82, 2.24) is 29.3 Å². The van der Waals surface area contributed by atoms with E-state index < -0.39 is 10.0 Å². The first-order valence-corrected chi connectivity index (χ1v) is 9.36. The van der Waals surface area contributed by atoms with Gasteiger partial charge in [0.25, 0.3) is 0 Å². The number of sulfonamides is 1. The number of aromatic nitrogens is 5. The highest BCUT2D eigenvalue weighted by Gasteiger charge is 2.15. The van der Waals surface area contributed by atoms with Crippen LogP contribution >= 0.6 is 0 Å². The molecule has 8 nitrogen and oxygen atoms in total. The van der Waals surface area contributed by atoms with Crippen LogP contribution in [0.4, 0.5) is 4.39 Å². The van der Waals surface area contributed by atoms with Gasteiger partial charge in [0, 0.05) is 25.6 Å². The van der Waals surface area contributed by atoms with E-state index in [2.05, 4.69) is 19.9 Å². The molecule has 0 amide bonds. The molecule has 10 heteroatoms. The highest BCUT2D eigenvalue weighted by atomic mass is 32.2. The van der Waals surface area contributed by atoms with Crippen LogP contribution < -0.4 is 4.72 Å². The van der Waals surface area contributed by atoms with Crippen LogP contribution in [0.3, 0.4) is 0 Å². The summed E-state index contributed by atoms with van der Waals surface area (Å²) in [5.41, 5.74) is 1.23. The number of aryl methyl sites for hydroxylation is 1. The van der Waals surface area contributed by atoms with Gasteiger partial charge in [0.1, 0.15) is 17.3 Å². The molecule has 2 heterocycles. The van der Waals surface area contributed by atoms with Gasteiger partial charge in [0.15, 0.2) is 5.82 Å². The molecule has 0 aliphatic heterocycles. The van der Waals surface area contributed by atoms with Gasteiger partial charge in [-0.05, 0) is 12.1 Å². The Bertz CT molecular complexity index is 995. The molecule has 0 radical (unpaired) electrons. The van der Waals surface area contributed by atoms with Gasteiger partial charge in [-0.25, -0.2) is 27.2 Å². The Balaban J connectivity index is 1.96. The van der Waals surface area contributed by atoms with Gasteiger partial charge in [0.05, 0.1) is 18.6 Å². The van der Waals surface area contributed by atoms with Gasteiger partial charge in [-0.1, -0.05) is 12.1 Å². The summed E-state index contributed by atoms with van der Waals surface area (Å²) >= 11 is 0. The van der Waals surface area contributed by atoms with E-state index in [-0.39, 0.29) is 12.4 Å². The van der Waals surface area contributed by atoms with Crippen molar-refractivity contribution in [3.8, 4) is 17.1 Å². The van der Waals surface area contributed by atoms with E-state index in [1.165, 1.54) is 12.1 Å². The second kappa shape index (κ2) is 6.73. The molecule has 0 fully saturated rings. The molecule has 132 valence electrons. The lowest BCUT2D eigenvalue weighted by Crippen LogP contribution is -2.25. The average molecular weight is 364 g/mol. The van der Waals surface area contributed by atoms with Crippen molar-refractivity contribution in [2.24, 2.45) is 7.05 Å². The number of nitrogens with zero attached hydrogens (tertiary/aromatic N) is 5. The minimum absolute atomic E-state index is 0.181. The predicted molar refractivity (Wildman–Crippen MR) is 90.1 cm³/mol. The zero-order valence-electron chi connectivity index (χ0n) is 13.7. The monoisotopic (exact) mass is 364 g/mol. The number of halogens is 1. The van der Waals surface area contributed by atoms with Crippen molar-refractivity contribution in [3.63, 3.8) is 0 Å². The summed E-state index contributed by atoms with van der Waals surface area (Å²) in [5, 5.41) is 8.53. The lowest BCUT2D eigenvalue weighted by atomic mass is 10.2. The third-order valence-electron chi connectivity index (χ3n) is 3.41.